The molecule has 0 saturated heterocycles. The second-order valence-electron chi connectivity index (χ2n) is 9.48. The van der Waals surface area contributed by atoms with Crippen LogP contribution in [0.25, 0.3) is 55.2 Å². The maximum Gasteiger partial charge on any atom is 0.255 e. The molecule has 5 aromatic heterocycles. The van der Waals surface area contributed by atoms with Crippen LogP contribution >= 0.6 is 11.3 Å². The zero-order valence-corrected chi connectivity index (χ0v) is 22.5. The molecule has 0 bridgehead atoms. The van der Waals surface area contributed by atoms with Gasteiger partial charge in [0.05, 0.1) is 32.7 Å². The van der Waals surface area contributed by atoms with Crippen molar-refractivity contribution in [1.29, 1.82) is 0 Å². The van der Waals surface area contributed by atoms with Crippen molar-refractivity contribution in [1.82, 2.24) is 30.1 Å². The number of H-pyrrole nitrogens is 2. The number of imidazole rings is 1. The summed E-state index contributed by atoms with van der Waals surface area (Å²) in [4.78, 5) is 43.2. The molecular weight excluding hydrogens is 534 g/mol. The highest BCUT2D eigenvalue weighted by Gasteiger charge is 2.18. The topological polar surface area (TPSA) is 129 Å². The van der Waals surface area contributed by atoms with Crippen molar-refractivity contribution in [3.63, 3.8) is 0 Å². The lowest BCUT2D eigenvalue weighted by molar-refractivity contribution is 0.101. The summed E-state index contributed by atoms with van der Waals surface area (Å²) in [6.07, 6.45) is 5.11. The van der Waals surface area contributed by atoms with Gasteiger partial charge in [0.2, 0.25) is 0 Å². The van der Waals surface area contributed by atoms with Gasteiger partial charge < -0.3 is 10.3 Å². The van der Waals surface area contributed by atoms with Crippen LogP contribution in [0.2, 0.25) is 0 Å². The van der Waals surface area contributed by atoms with Gasteiger partial charge in [0.1, 0.15) is 16.9 Å². The number of fused-ring (bicyclic) bond motifs is 2. The van der Waals surface area contributed by atoms with Gasteiger partial charge in [0.15, 0.2) is 11.6 Å². The van der Waals surface area contributed by atoms with E-state index in [1.165, 1.54) is 11.3 Å². The minimum atomic E-state index is -0.198. The van der Waals surface area contributed by atoms with Gasteiger partial charge in [-0.05, 0) is 61.0 Å². The predicted molar refractivity (Wildman–Crippen MR) is 160 cm³/mol. The molecule has 0 atom stereocenters. The maximum absolute atomic E-state index is 12.6. The van der Waals surface area contributed by atoms with Gasteiger partial charge in [0.25, 0.3) is 5.91 Å². The Morgan fingerprint density at radius 2 is 1.76 bits per heavy atom. The van der Waals surface area contributed by atoms with E-state index in [1.54, 1.807) is 37.6 Å². The molecule has 10 heteroatoms. The number of nitrogens with zero attached hydrogens (tertiary/aromatic N) is 4. The monoisotopic (exact) mass is 555 g/mol. The summed E-state index contributed by atoms with van der Waals surface area (Å²) in [6.45, 7) is 1.56. The van der Waals surface area contributed by atoms with Crippen molar-refractivity contribution < 1.29 is 9.59 Å². The zero-order chi connectivity index (χ0) is 27.9. The fraction of sp³-hybridized carbons (Fsp3) is 0.0323. The second-order valence-corrected chi connectivity index (χ2v) is 10.6. The number of pyridine rings is 2. The highest BCUT2D eigenvalue weighted by Crippen LogP contribution is 2.34. The highest BCUT2D eigenvalue weighted by molar-refractivity contribution is 7.17. The van der Waals surface area contributed by atoms with Gasteiger partial charge in [-0.1, -0.05) is 24.3 Å². The summed E-state index contributed by atoms with van der Waals surface area (Å²) < 4.78 is 0. The lowest BCUT2D eigenvalue weighted by atomic mass is 10.0. The molecule has 5 heterocycles. The normalized spacial score (nSPS) is 11.2. The molecule has 0 radical (unpaired) electrons. The van der Waals surface area contributed by atoms with E-state index in [1.807, 2.05) is 60.7 Å². The molecule has 0 saturated carbocycles. The Bertz CT molecular complexity index is 2090. The van der Waals surface area contributed by atoms with Gasteiger partial charge in [-0.3, -0.25) is 24.7 Å². The number of nitrogens with one attached hydrogen (secondary N) is 3. The van der Waals surface area contributed by atoms with E-state index >= 15 is 0 Å². The molecule has 7 rings (SSSR count). The van der Waals surface area contributed by atoms with Crippen LogP contribution in [0.3, 0.4) is 0 Å². The lowest BCUT2D eigenvalue weighted by Gasteiger charge is -2.08. The highest BCUT2D eigenvalue weighted by atomic mass is 32.1. The summed E-state index contributed by atoms with van der Waals surface area (Å²) >= 11 is 1.40. The fourth-order valence-electron chi connectivity index (χ4n) is 4.72. The summed E-state index contributed by atoms with van der Waals surface area (Å²) in [5.74, 6) is 0.424. The third kappa shape index (κ3) is 4.56. The third-order valence-electron chi connectivity index (χ3n) is 6.74. The quantitative estimate of drug-likeness (QED) is 0.195. The van der Waals surface area contributed by atoms with E-state index in [-0.39, 0.29) is 11.7 Å². The first-order valence-electron chi connectivity index (χ1n) is 12.8. The fourth-order valence-corrected chi connectivity index (χ4v) is 5.61. The number of hydrogen-bond acceptors (Lipinski definition) is 7. The SMILES string of the molecule is CC(=O)c1ccc(-c2nccc3[nH]c(-c4n[nH]c5ccc(-c6cncc(NC(=O)c7ccccc7)c6)cc45)nc23)s1. The molecule has 0 fully saturated rings. The van der Waals surface area contributed by atoms with Crippen LogP contribution < -0.4 is 5.32 Å². The molecule has 198 valence electrons. The molecule has 0 unspecified atom stereocenters. The van der Waals surface area contributed by atoms with Gasteiger partial charge >= 0.3 is 0 Å². The molecule has 0 aliphatic carbocycles. The summed E-state index contributed by atoms with van der Waals surface area (Å²) in [5, 5.41) is 11.5. The van der Waals surface area contributed by atoms with Crippen molar-refractivity contribution in [2.24, 2.45) is 0 Å². The third-order valence-corrected chi connectivity index (χ3v) is 7.93. The van der Waals surface area contributed by atoms with E-state index in [9.17, 15) is 9.59 Å². The number of aromatic nitrogens is 6. The molecule has 2 aromatic carbocycles. The van der Waals surface area contributed by atoms with E-state index in [2.05, 4.69) is 30.5 Å². The number of aromatic amines is 2. The first-order valence-corrected chi connectivity index (χ1v) is 13.6. The maximum atomic E-state index is 12.6. The van der Waals surface area contributed by atoms with E-state index in [4.69, 9.17) is 4.98 Å². The van der Waals surface area contributed by atoms with Crippen molar-refractivity contribution >= 4 is 50.7 Å². The molecule has 7 aromatic rings. The number of benzene rings is 2. The van der Waals surface area contributed by atoms with Crippen LogP contribution in [0, 0.1) is 0 Å². The number of amides is 1. The van der Waals surface area contributed by atoms with Crippen LogP contribution in [-0.2, 0) is 0 Å². The number of hydrogen-bond donors (Lipinski definition) is 3. The Morgan fingerprint density at radius 1 is 0.878 bits per heavy atom. The number of carbonyl (C=O) groups is 2. The number of thiophene rings is 1. The summed E-state index contributed by atoms with van der Waals surface area (Å²) in [5.41, 5.74) is 6.70. The van der Waals surface area contributed by atoms with E-state index in [0.29, 0.717) is 38.9 Å². The standard InChI is InChI=1S/C31H21N7O2S/c1-17(39)25-9-10-26(41-25)29-28-24(11-12-33-29)35-30(36-28)27-22-14-19(7-8-23(22)37-38-27)20-13-21(16-32-15-20)34-31(40)18-5-3-2-4-6-18/h2-16H,1H3,(H,34,40)(H,35,36)(H,37,38). The number of rotatable bonds is 6. The molecule has 1 amide bonds. The first kappa shape index (κ1) is 24.6. The Morgan fingerprint density at radius 3 is 2.59 bits per heavy atom. The molecule has 0 aliphatic rings. The zero-order valence-electron chi connectivity index (χ0n) is 21.7. The molecule has 0 spiro atoms. The summed E-state index contributed by atoms with van der Waals surface area (Å²) in [7, 11) is 0. The van der Waals surface area contributed by atoms with Crippen LogP contribution in [0.1, 0.15) is 27.0 Å². The molecule has 0 aliphatic heterocycles. The Hall–Kier alpha value is -5.48. The van der Waals surface area contributed by atoms with Crippen molar-refractivity contribution in [2.45, 2.75) is 6.92 Å². The smallest absolute Gasteiger partial charge is 0.255 e. The largest absolute Gasteiger partial charge is 0.336 e. The van der Waals surface area contributed by atoms with Crippen LogP contribution in [0.4, 0.5) is 5.69 Å². The number of carbonyl (C=O) groups excluding carboxylic acids is 2. The van der Waals surface area contributed by atoms with Crippen molar-refractivity contribution in [2.75, 3.05) is 5.32 Å². The predicted octanol–water partition coefficient (Wildman–Crippen LogP) is 6.75. The Balaban J connectivity index is 1.24. The number of ketones is 1. The summed E-state index contributed by atoms with van der Waals surface area (Å²) in [6, 6.07) is 22.5. The van der Waals surface area contributed by atoms with Gasteiger partial charge in [-0.25, -0.2) is 4.98 Å². The Kier molecular flexibility index (Phi) is 5.94. The van der Waals surface area contributed by atoms with Gasteiger partial charge in [0, 0.05) is 28.9 Å². The van der Waals surface area contributed by atoms with Crippen molar-refractivity contribution in [3.05, 3.63) is 102 Å². The van der Waals surface area contributed by atoms with Crippen LogP contribution in [0.5, 0.6) is 0 Å². The van der Waals surface area contributed by atoms with E-state index in [0.717, 1.165) is 32.4 Å². The molecule has 3 N–H and O–H groups in total. The molecular formula is C31H21N7O2S. The average Bonchev–Trinajstić information content (AvgIpc) is 3.75. The second kappa shape index (κ2) is 9.92. The lowest BCUT2D eigenvalue weighted by Crippen LogP contribution is -2.11. The van der Waals surface area contributed by atoms with Crippen LogP contribution in [0.15, 0.2) is 91.4 Å². The first-order chi connectivity index (χ1) is 20.0. The molecule has 41 heavy (non-hydrogen) atoms. The van der Waals surface area contributed by atoms with Crippen molar-refractivity contribution in [3.8, 4) is 33.2 Å². The van der Waals surface area contributed by atoms with Gasteiger partial charge in [-0.15, -0.1) is 11.3 Å². The number of Topliss-reactive ketones (excluding diaryl/α,β-unsaturated/α-hetero) is 1. The van der Waals surface area contributed by atoms with E-state index < -0.39 is 0 Å². The average molecular weight is 556 g/mol. The number of anilines is 1. The minimum Gasteiger partial charge on any atom is -0.336 e. The minimum absolute atomic E-state index is 0.0225. The van der Waals surface area contributed by atoms with Crippen LogP contribution in [-0.4, -0.2) is 41.8 Å². The molecule has 9 nitrogen and oxygen atoms in total. The van der Waals surface area contributed by atoms with Gasteiger partial charge in [-0.2, -0.15) is 5.10 Å². The Labute approximate surface area is 237 Å².